The van der Waals surface area contributed by atoms with Gasteiger partial charge in [-0.2, -0.15) is 0 Å². The molecule has 1 aliphatic heterocycles. The number of carbonyl (C=O) groups excluding carboxylic acids is 2. The molecule has 0 radical (unpaired) electrons. The molecule has 0 aromatic heterocycles. The Morgan fingerprint density at radius 1 is 0.941 bits per heavy atom. The molecule has 1 aliphatic carbocycles. The minimum absolute atomic E-state index is 0.00284. The summed E-state index contributed by atoms with van der Waals surface area (Å²) >= 11 is 0. The van der Waals surface area contributed by atoms with Crippen LogP contribution < -0.4 is 24.8 Å². The lowest BCUT2D eigenvalue weighted by atomic mass is 9.88. The van der Waals surface area contributed by atoms with Crippen LogP contribution in [0.3, 0.4) is 0 Å². The first-order valence-corrected chi connectivity index (χ1v) is 12.1. The van der Waals surface area contributed by atoms with E-state index in [9.17, 15) is 9.59 Å². The van der Waals surface area contributed by atoms with Crippen LogP contribution in [0, 0.1) is 5.92 Å². The Labute approximate surface area is 200 Å². The van der Waals surface area contributed by atoms with E-state index in [0.29, 0.717) is 41.7 Å². The third-order valence-electron chi connectivity index (χ3n) is 6.09. The van der Waals surface area contributed by atoms with Gasteiger partial charge in [-0.3, -0.25) is 9.59 Å². The SMILES string of the molecule is CCOc1cc(NC(=O)C2CCCCC2)c(OCC)cc1NC(=O)C1=Cc2ccccc2OC1. The highest BCUT2D eigenvalue weighted by molar-refractivity contribution is 6.08. The zero-order chi connectivity index (χ0) is 23.9. The summed E-state index contributed by atoms with van der Waals surface area (Å²) in [6.07, 6.45) is 6.98. The minimum Gasteiger partial charge on any atom is -0.492 e. The fraction of sp³-hybridized carbons (Fsp3) is 0.407. The highest BCUT2D eigenvalue weighted by Crippen LogP contribution is 2.38. The molecule has 2 aromatic carbocycles. The number of para-hydroxylation sites is 1. The van der Waals surface area contributed by atoms with E-state index in [1.54, 1.807) is 12.1 Å². The topological polar surface area (TPSA) is 85.9 Å². The molecule has 1 heterocycles. The van der Waals surface area contributed by atoms with E-state index in [2.05, 4.69) is 10.6 Å². The van der Waals surface area contributed by atoms with Gasteiger partial charge in [0.15, 0.2) is 0 Å². The molecule has 0 saturated heterocycles. The molecule has 1 fully saturated rings. The van der Waals surface area contributed by atoms with Gasteiger partial charge in [-0.25, -0.2) is 0 Å². The summed E-state index contributed by atoms with van der Waals surface area (Å²) in [5.74, 6) is 1.45. The highest BCUT2D eigenvalue weighted by atomic mass is 16.5. The van der Waals surface area contributed by atoms with Crippen molar-refractivity contribution in [1.29, 1.82) is 0 Å². The van der Waals surface area contributed by atoms with Crippen LogP contribution in [0.15, 0.2) is 42.0 Å². The molecule has 2 N–H and O–H groups in total. The predicted octanol–water partition coefficient (Wildman–Crippen LogP) is 5.42. The van der Waals surface area contributed by atoms with E-state index in [1.807, 2.05) is 44.2 Å². The maximum atomic E-state index is 13.0. The molecule has 0 bridgehead atoms. The number of benzene rings is 2. The van der Waals surface area contributed by atoms with Crippen LogP contribution >= 0.6 is 0 Å². The van der Waals surface area contributed by atoms with E-state index in [-0.39, 0.29) is 24.3 Å². The number of fused-ring (bicyclic) bond motifs is 1. The van der Waals surface area contributed by atoms with Crippen molar-refractivity contribution in [3.8, 4) is 17.2 Å². The summed E-state index contributed by atoms with van der Waals surface area (Å²) in [6.45, 7) is 4.76. The molecule has 7 heteroatoms. The van der Waals surface area contributed by atoms with Gasteiger partial charge in [-0.15, -0.1) is 0 Å². The van der Waals surface area contributed by atoms with Crippen molar-refractivity contribution in [3.63, 3.8) is 0 Å². The van der Waals surface area contributed by atoms with Gasteiger partial charge in [0.05, 0.1) is 30.2 Å². The van der Waals surface area contributed by atoms with Crippen molar-refractivity contribution in [1.82, 2.24) is 0 Å². The van der Waals surface area contributed by atoms with Crippen molar-refractivity contribution in [2.75, 3.05) is 30.5 Å². The van der Waals surface area contributed by atoms with Gasteiger partial charge in [0.1, 0.15) is 23.9 Å². The predicted molar refractivity (Wildman–Crippen MR) is 133 cm³/mol. The standard InChI is InChI=1S/C27H32N2O5/c1-3-32-24-16-22(29-27(31)20-14-19-12-8-9-13-23(19)34-17-20)25(33-4-2)15-21(24)28-26(30)18-10-6-5-7-11-18/h8-9,12-16,18H,3-7,10-11,17H2,1-2H3,(H,28,30)(H,29,31). The van der Waals surface area contributed by atoms with E-state index in [4.69, 9.17) is 14.2 Å². The lowest BCUT2D eigenvalue weighted by Gasteiger charge is -2.23. The van der Waals surface area contributed by atoms with Crippen molar-refractivity contribution < 1.29 is 23.8 Å². The molecule has 1 saturated carbocycles. The Morgan fingerprint density at radius 3 is 2.26 bits per heavy atom. The minimum atomic E-state index is -0.281. The molecule has 0 atom stereocenters. The van der Waals surface area contributed by atoms with Crippen molar-refractivity contribution in [2.24, 2.45) is 5.92 Å². The quantitative estimate of drug-likeness (QED) is 0.545. The van der Waals surface area contributed by atoms with Crippen LogP contribution in [-0.4, -0.2) is 31.6 Å². The van der Waals surface area contributed by atoms with Gasteiger partial charge in [0.25, 0.3) is 5.91 Å². The molecule has 4 rings (SSSR count). The highest BCUT2D eigenvalue weighted by Gasteiger charge is 2.24. The van der Waals surface area contributed by atoms with Gasteiger partial charge < -0.3 is 24.8 Å². The van der Waals surface area contributed by atoms with E-state index in [1.165, 1.54) is 6.42 Å². The monoisotopic (exact) mass is 464 g/mol. The molecule has 2 aromatic rings. The number of anilines is 2. The third kappa shape index (κ3) is 5.53. The van der Waals surface area contributed by atoms with E-state index in [0.717, 1.165) is 37.0 Å². The molecule has 2 aliphatic rings. The second-order valence-electron chi connectivity index (χ2n) is 8.48. The third-order valence-corrected chi connectivity index (χ3v) is 6.09. The second kappa shape index (κ2) is 11.1. The average Bonchev–Trinajstić information content (AvgIpc) is 2.86. The van der Waals surface area contributed by atoms with Gasteiger partial charge in [-0.1, -0.05) is 37.5 Å². The summed E-state index contributed by atoms with van der Waals surface area (Å²) in [7, 11) is 0. The largest absolute Gasteiger partial charge is 0.492 e. The number of nitrogens with one attached hydrogen (secondary N) is 2. The lowest BCUT2D eigenvalue weighted by molar-refractivity contribution is -0.120. The Hall–Kier alpha value is -3.48. The zero-order valence-electron chi connectivity index (χ0n) is 19.8. The fourth-order valence-corrected chi connectivity index (χ4v) is 4.35. The number of hydrogen-bond donors (Lipinski definition) is 2. The Morgan fingerprint density at radius 2 is 1.59 bits per heavy atom. The molecule has 2 amide bonds. The maximum Gasteiger partial charge on any atom is 0.255 e. The Bertz CT molecular complexity index is 1070. The Balaban J connectivity index is 1.58. The molecule has 34 heavy (non-hydrogen) atoms. The van der Waals surface area contributed by atoms with Gasteiger partial charge in [0, 0.05) is 23.6 Å². The summed E-state index contributed by atoms with van der Waals surface area (Å²) in [4.78, 5) is 25.9. The molecule has 0 unspecified atom stereocenters. The van der Waals surface area contributed by atoms with Gasteiger partial charge >= 0.3 is 0 Å². The number of rotatable bonds is 8. The first kappa shape index (κ1) is 23.7. The Kier molecular flexibility index (Phi) is 7.72. The number of amides is 2. The second-order valence-corrected chi connectivity index (χ2v) is 8.48. The molecular formula is C27H32N2O5. The van der Waals surface area contributed by atoms with E-state index >= 15 is 0 Å². The number of ether oxygens (including phenoxy) is 3. The number of carbonyl (C=O) groups is 2. The van der Waals surface area contributed by atoms with Gasteiger partial charge in [-0.05, 0) is 38.8 Å². The van der Waals surface area contributed by atoms with Crippen LogP contribution in [0.4, 0.5) is 11.4 Å². The zero-order valence-corrected chi connectivity index (χ0v) is 19.8. The van der Waals surface area contributed by atoms with Crippen LogP contribution in [-0.2, 0) is 9.59 Å². The number of hydrogen-bond acceptors (Lipinski definition) is 5. The molecule has 0 spiro atoms. The summed E-state index contributed by atoms with van der Waals surface area (Å²) < 4.78 is 17.3. The summed E-state index contributed by atoms with van der Waals surface area (Å²) in [5, 5.41) is 5.96. The fourth-order valence-electron chi connectivity index (χ4n) is 4.35. The first-order chi connectivity index (χ1) is 16.6. The first-order valence-electron chi connectivity index (χ1n) is 12.1. The normalized spacial score (nSPS) is 15.4. The van der Waals surface area contributed by atoms with Crippen LogP contribution in [0.2, 0.25) is 0 Å². The van der Waals surface area contributed by atoms with Crippen molar-refractivity contribution >= 4 is 29.3 Å². The van der Waals surface area contributed by atoms with Crippen LogP contribution in [0.1, 0.15) is 51.5 Å². The maximum absolute atomic E-state index is 13.0. The van der Waals surface area contributed by atoms with Crippen LogP contribution in [0.25, 0.3) is 6.08 Å². The van der Waals surface area contributed by atoms with Crippen molar-refractivity contribution in [3.05, 3.63) is 47.5 Å². The van der Waals surface area contributed by atoms with E-state index < -0.39 is 0 Å². The average molecular weight is 465 g/mol. The van der Waals surface area contributed by atoms with Crippen LogP contribution in [0.5, 0.6) is 17.2 Å². The molecule has 180 valence electrons. The van der Waals surface area contributed by atoms with Gasteiger partial charge in [0.2, 0.25) is 5.91 Å². The lowest BCUT2D eigenvalue weighted by Crippen LogP contribution is -2.25. The molecule has 7 nitrogen and oxygen atoms in total. The molecular weight excluding hydrogens is 432 g/mol. The van der Waals surface area contributed by atoms with Crippen molar-refractivity contribution in [2.45, 2.75) is 46.0 Å². The summed E-state index contributed by atoms with van der Waals surface area (Å²) in [5.41, 5.74) is 2.40. The summed E-state index contributed by atoms with van der Waals surface area (Å²) in [6, 6.07) is 11.0. The smallest absolute Gasteiger partial charge is 0.255 e.